The van der Waals surface area contributed by atoms with Gasteiger partial charge in [0.25, 0.3) is 0 Å². The molecular formula is C17H26O3. The molecule has 112 valence electrons. The number of carbonyl (C=O) groups is 2. The Morgan fingerprint density at radius 2 is 2.25 bits per heavy atom. The van der Waals surface area contributed by atoms with Crippen molar-refractivity contribution in [3.05, 3.63) is 12.2 Å². The van der Waals surface area contributed by atoms with Gasteiger partial charge in [0.2, 0.25) is 0 Å². The van der Waals surface area contributed by atoms with Gasteiger partial charge in [0.05, 0.1) is 6.61 Å². The number of hydrogen-bond acceptors (Lipinski definition) is 3. The minimum absolute atomic E-state index is 0.133. The van der Waals surface area contributed by atoms with Crippen LogP contribution in [0.4, 0.5) is 0 Å². The summed E-state index contributed by atoms with van der Waals surface area (Å²) in [6.07, 6.45) is 8.58. The van der Waals surface area contributed by atoms with E-state index in [9.17, 15) is 9.59 Å². The lowest BCUT2D eigenvalue weighted by Gasteiger charge is -2.41. The lowest BCUT2D eigenvalue weighted by molar-refractivity contribution is -0.137. The topological polar surface area (TPSA) is 43.4 Å². The van der Waals surface area contributed by atoms with Crippen LogP contribution in [0.1, 0.15) is 52.9 Å². The molecule has 1 unspecified atom stereocenters. The summed E-state index contributed by atoms with van der Waals surface area (Å²) in [5.41, 5.74) is 0.133. The maximum absolute atomic E-state index is 12.1. The number of ether oxygens (including phenoxy) is 1. The Balaban J connectivity index is 2.05. The second-order valence-corrected chi connectivity index (χ2v) is 6.53. The van der Waals surface area contributed by atoms with Gasteiger partial charge in [-0.3, -0.25) is 4.79 Å². The predicted molar refractivity (Wildman–Crippen MR) is 78.1 cm³/mol. The van der Waals surface area contributed by atoms with E-state index in [0.29, 0.717) is 24.2 Å². The van der Waals surface area contributed by atoms with E-state index in [-0.39, 0.29) is 17.3 Å². The van der Waals surface area contributed by atoms with Gasteiger partial charge in [0, 0.05) is 18.4 Å². The van der Waals surface area contributed by atoms with Crippen LogP contribution in [-0.2, 0) is 14.3 Å². The van der Waals surface area contributed by atoms with Crippen molar-refractivity contribution < 1.29 is 14.3 Å². The summed E-state index contributed by atoms with van der Waals surface area (Å²) in [5.74, 6) is 1.27. The van der Waals surface area contributed by atoms with Crippen molar-refractivity contribution in [3.63, 3.8) is 0 Å². The number of fused-ring (bicyclic) bond motifs is 1. The van der Waals surface area contributed by atoms with Crippen LogP contribution in [-0.4, -0.2) is 18.4 Å². The van der Waals surface area contributed by atoms with Crippen molar-refractivity contribution in [3.8, 4) is 0 Å². The smallest absolute Gasteiger partial charge is 0.330 e. The highest BCUT2D eigenvalue weighted by atomic mass is 16.5. The fourth-order valence-corrected chi connectivity index (χ4v) is 4.39. The molecule has 20 heavy (non-hydrogen) atoms. The van der Waals surface area contributed by atoms with E-state index in [1.807, 2.05) is 13.0 Å². The Morgan fingerprint density at radius 3 is 2.95 bits per heavy atom. The molecule has 2 fully saturated rings. The SMILES string of the molecule is CCOC(=O)/C=C/C(C)[C@H]1CC[C@H]2C(=O)CCC[C@]12C. The molecule has 0 bridgehead atoms. The van der Waals surface area contributed by atoms with Crippen molar-refractivity contribution >= 4 is 11.8 Å². The third-order valence-corrected chi connectivity index (χ3v) is 5.39. The van der Waals surface area contributed by atoms with Gasteiger partial charge < -0.3 is 4.74 Å². The first-order chi connectivity index (χ1) is 9.49. The van der Waals surface area contributed by atoms with Crippen LogP contribution in [0.3, 0.4) is 0 Å². The maximum atomic E-state index is 12.1. The second kappa shape index (κ2) is 6.11. The molecule has 0 aliphatic heterocycles. The van der Waals surface area contributed by atoms with E-state index in [1.165, 1.54) is 0 Å². The third-order valence-electron chi connectivity index (χ3n) is 5.39. The molecule has 0 saturated heterocycles. The summed E-state index contributed by atoms with van der Waals surface area (Å²) >= 11 is 0. The quantitative estimate of drug-likeness (QED) is 0.583. The van der Waals surface area contributed by atoms with Crippen molar-refractivity contribution in [2.75, 3.05) is 6.61 Å². The molecule has 2 saturated carbocycles. The molecule has 2 aliphatic carbocycles. The lowest BCUT2D eigenvalue weighted by Crippen LogP contribution is -2.39. The zero-order chi connectivity index (χ0) is 14.8. The van der Waals surface area contributed by atoms with Gasteiger partial charge in [-0.15, -0.1) is 0 Å². The Bertz CT molecular complexity index is 412. The van der Waals surface area contributed by atoms with E-state index in [2.05, 4.69) is 13.8 Å². The number of rotatable bonds is 4. The number of ketones is 1. The molecule has 0 aromatic heterocycles. The highest BCUT2D eigenvalue weighted by Gasteiger charge is 2.51. The first-order valence-electron chi connectivity index (χ1n) is 7.86. The van der Waals surface area contributed by atoms with E-state index >= 15 is 0 Å². The van der Waals surface area contributed by atoms with Crippen LogP contribution in [0.5, 0.6) is 0 Å². The molecule has 2 rings (SSSR count). The van der Waals surface area contributed by atoms with E-state index in [4.69, 9.17) is 4.74 Å². The highest BCUT2D eigenvalue weighted by molar-refractivity contribution is 5.83. The zero-order valence-electron chi connectivity index (χ0n) is 12.9. The highest BCUT2D eigenvalue weighted by Crippen LogP contribution is 2.56. The fourth-order valence-electron chi connectivity index (χ4n) is 4.39. The zero-order valence-corrected chi connectivity index (χ0v) is 12.9. The lowest BCUT2D eigenvalue weighted by atomic mass is 9.62. The van der Waals surface area contributed by atoms with Crippen molar-refractivity contribution in [1.82, 2.24) is 0 Å². The largest absolute Gasteiger partial charge is 0.463 e. The first-order valence-corrected chi connectivity index (χ1v) is 7.86. The fraction of sp³-hybridized carbons (Fsp3) is 0.765. The number of allylic oxidation sites excluding steroid dienone is 1. The summed E-state index contributed by atoms with van der Waals surface area (Å²) in [6.45, 7) is 6.66. The average molecular weight is 278 g/mol. The van der Waals surface area contributed by atoms with E-state index < -0.39 is 0 Å². The summed E-state index contributed by atoms with van der Waals surface area (Å²) in [7, 11) is 0. The average Bonchev–Trinajstić information content (AvgIpc) is 2.75. The maximum Gasteiger partial charge on any atom is 0.330 e. The summed E-state index contributed by atoms with van der Waals surface area (Å²) in [6, 6.07) is 0. The molecule has 4 atom stereocenters. The molecule has 3 nitrogen and oxygen atoms in total. The molecule has 0 radical (unpaired) electrons. The second-order valence-electron chi connectivity index (χ2n) is 6.53. The Kier molecular flexibility index (Phi) is 4.66. The van der Waals surface area contributed by atoms with Crippen LogP contribution >= 0.6 is 0 Å². The normalized spacial score (nSPS) is 35.0. The molecule has 0 spiro atoms. The molecule has 3 heteroatoms. The van der Waals surface area contributed by atoms with Gasteiger partial charge in [0.15, 0.2) is 0 Å². The van der Waals surface area contributed by atoms with E-state index in [1.54, 1.807) is 6.08 Å². The van der Waals surface area contributed by atoms with Crippen LogP contribution < -0.4 is 0 Å². The standard InChI is InChI=1S/C17H26O3/c1-4-20-16(19)10-7-12(2)13-8-9-14-15(18)6-5-11-17(13,14)3/h7,10,12-14H,4-6,8-9,11H2,1-3H3/b10-7+/t12?,13-,14+,17-/m1/s1. The number of esters is 1. The summed E-state index contributed by atoms with van der Waals surface area (Å²) in [4.78, 5) is 23.5. The molecule has 2 aliphatic rings. The van der Waals surface area contributed by atoms with Crippen molar-refractivity contribution in [2.24, 2.45) is 23.2 Å². The Labute approximate surface area is 121 Å². The van der Waals surface area contributed by atoms with Crippen LogP contribution in [0.2, 0.25) is 0 Å². The third kappa shape index (κ3) is 2.82. The van der Waals surface area contributed by atoms with Crippen LogP contribution in [0, 0.1) is 23.2 Å². The number of hydrogen-bond donors (Lipinski definition) is 0. The molecule has 0 amide bonds. The summed E-state index contributed by atoms with van der Waals surface area (Å²) in [5, 5.41) is 0. The number of carbonyl (C=O) groups excluding carboxylic acids is 2. The van der Waals surface area contributed by atoms with E-state index in [0.717, 1.165) is 32.1 Å². The molecule has 0 aromatic rings. The van der Waals surface area contributed by atoms with Crippen molar-refractivity contribution in [2.45, 2.75) is 52.9 Å². The minimum Gasteiger partial charge on any atom is -0.463 e. The summed E-state index contributed by atoms with van der Waals surface area (Å²) < 4.78 is 4.92. The van der Waals surface area contributed by atoms with Gasteiger partial charge in [-0.2, -0.15) is 0 Å². The van der Waals surface area contributed by atoms with Crippen LogP contribution in [0.25, 0.3) is 0 Å². The Morgan fingerprint density at radius 1 is 1.50 bits per heavy atom. The first kappa shape index (κ1) is 15.3. The monoisotopic (exact) mass is 278 g/mol. The van der Waals surface area contributed by atoms with Gasteiger partial charge in [0.1, 0.15) is 5.78 Å². The molecule has 0 N–H and O–H groups in total. The van der Waals surface area contributed by atoms with Gasteiger partial charge >= 0.3 is 5.97 Å². The molecule has 0 aromatic carbocycles. The van der Waals surface area contributed by atoms with Crippen LogP contribution in [0.15, 0.2) is 12.2 Å². The van der Waals surface area contributed by atoms with Gasteiger partial charge in [-0.1, -0.05) is 19.9 Å². The molecular weight excluding hydrogens is 252 g/mol. The predicted octanol–water partition coefficient (Wildman–Crippen LogP) is 3.53. The van der Waals surface area contributed by atoms with Crippen molar-refractivity contribution in [1.29, 1.82) is 0 Å². The Hall–Kier alpha value is -1.12. The minimum atomic E-state index is -0.265. The molecule has 0 heterocycles. The van der Waals surface area contributed by atoms with Gasteiger partial charge in [-0.25, -0.2) is 4.79 Å². The number of Topliss-reactive ketones (excluding diaryl/α,β-unsaturated/α-hetero) is 1. The van der Waals surface area contributed by atoms with Gasteiger partial charge in [-0.05, 0) is 49.9 Å².